The molecule has 0 aromatic carbocycles. The molecule has 6 heteroatoms. The highest BCUT2D eigenvalue weighted by molar-refractivity contribution is 5.83. The predicted octanol–water partition coefficient (Wildman–Crippen LogP) is 3.46. The van der Waals surface area contributed by atoms with Gasteiger partial charge >= 0.3 is 0 Å². The minimum atomic E-state index is -1.75. The molecule has 5 aliphatic carbocycles. The fourth-order valence-electron chi connectivity index (χ4n) is 11.1. The van der Waals surface area contributed by atoms with Crippen LogP contribution in [-0.2, 0) is 4.79 Å². The standard InChI is InChI=1S/C30H50O6/c1-18(23(34)14-30(36,17-32)25(2,3)35)20-8-10-27(5)24-7-6-21-19(15-31)22(33)9-11-28(21)16-29(24,28)13-12-26(20,27)4/h18-21,23-24,31-32,34-36H,6-17H2,1-5H3/t18-,19?,20+,21-,23?,24-,26+,27-,28+,29-,30-/m0/s1. The molecule has 0 aromatic heterocycles. The summed E-state index contributed by atoms with van der Waals surface area (Å²) >= 11 is 0. The first kappa shape index (κ1) is 27.1. The van der Waals surface area contributed by atoms with Crippen molar-refractivity contribution >= 4 is 5.78 Å². The van der Waals surface area contributed by atoms with E-state index < -0.39 is 23.9 Å². The Balaban J connectivity index is 1.39. The number of hydrogen-bond acceptors (Lipinski definition) is 6. The van der Waals surface area contributed by atoms with E-state index in [1.165, 1.54) is 26.7 Å². The quantitative estimate of drug-likeness (QED) is 0.361. The van der Waals surface area contributed by atoms with Crippen LogP contribution in [0.25, 0.3) is 0 Å². The molecule has 5 N–H and O–H groups in total. The van der Waals surface area contributed by atoms with E-state index >= 15 is 0 Å². The van der Waals surface area contributed by atoms with Gasteiger partial charge in [0.2, 0.25) is 0 Å². The summed E-state index contributed by atoms with van der Waals surface area (Å²) in [6.45, 7) is 9.41. The summed E-state index contributed by atoms with van der Waals surface area (Å²) in [6.07, 6.45) is 8.65. The molecule has 36 heavy (non-hydrogen) atoms. The first-order valence-corrected chi connectivity index (χ1v) is 14.5. The van der Waals surface area contributed by atoms with E-state index in [9.17, 15) is 30.3 Å². The highest BCUT2D eigenvalue weighted by atomic mass is 16.4. The van der Waals surface area contributed by atoms with Crippen LogP contribution in [0.2, 0.25) is 0 Å². The van der Waals surface area contributed by atoms with Gasteiger partial charge in [-0.1, -0.05) is 20.8 Å². The van der Waals surface area contributed by atoms with E-state index in [1.807, 2.05) is 0 Å². The van der Waals surface area contributed by atoms with Gasteiger partial charge in [0.15, 0.2) is 0 Å². The minimum Gasteiger partial charge on any atom is -0.396 e. The average Bonchev–Trinajstić information content (AvgIpc) is 3.40. The van der Waals surface area contributed by atoms with Gasteiger partial charge in [0, 0.05) is 18.8 Å². The van der Waals surface area contributed by atoms with Gasteiger partial charge in [-0.3, -0.25) is 4.79 Å². The number of Topliss-reactive ketones (excluding diaryl/α,β-unsaturated/α-hetero) is 1. The number of hydrogen-bond donors (Lipinski definition) is 5. The maximum Gasteiger partial charge on any atom is 0.138 e. The molecule has 6 nitrogen and oxygen atoms in total. The Morgan fingerprint density at radius 2 is 1.67 bits per heavy atom. The largest absolute Gasteiger partial charge is 0.396 e. The molecule has 2 spiro atoms. The lowest BCUT2D eigenvalue weighted by Gasteiger charge is -2.62. The van der Waals surface area contributed by atoms with Gasteiger partial charge in [0.25, 0.3) is 0 Å². The average molecular weight is 507 g/mol. The van der Waals surface area contributed by atoms with E-state index in [1.54, 1.807) is 0 Å². The third-order valence-corrected chi connectivity index (χ3v) is 13.7. The van der Waals surface area contributed by atoms with Gasteiger partial charge in [0.1, 0.15) is 11.4 Å². The maximum atomic E-state index is 12.6. The highest BCUT2D eigenvalue weighted by Crippen LogP contribution is 2.88. The second kappa shape index (κ2) is 8.24. The smallest absolute Gasteiger partial charge is 0.138 e. The molecule has 5 fully saturated rings. The number of aliphatic hydroxyl groups excluding tert-OH is 3. The van der Waals surface area contributed by atoms with Crippen LogP contribution in [0.3, 0.4) is 0 Å². The molecular formula is C30H50O6. The van der Waals surface area contributed by atoms with Crippen molar-refractivity contribution < 1.29 is 30.3 Å². The van der Waals surface area contributed by atoms with E-state index in [4.69, 9.17) is 0 Å². The summed E-state index contributed by atoms with van der Waals surface area (Å²) in [4.78, 5) is 12.6. The van der Waals surface area contributed by atoms with Crippen molar-refractivity contribution in [1.29, 1.82) is 0 Å². The van der Waals surface area contributed by atoms with Crippen molar-refractivity contribution in [3.05, 3.63) is 0 Å². The van der Waals surface area contributed by atoms with Crippen LogP contribution in [0.1, 0.15) is 98.8 Å². The molecule has 5 aliphatic rings. The number of carbonyl (C=O) groups is 1. The molecule has 206 valence electrons. The van der Waals surface area contributed by atoms with Crippen molar-refractivity contribution in [2.24, 2.45) is 51.2 Å². The van der Waals surface area contributed by atoms with E-state index in [0.717, 1.165) is 38.5 Å². The van der Waals surface area contributed by atoms with Gasteiger partial charge in [0.05, 0.1) is 24.9 Å². The molecule has 5 rings (SSSR count). The highest BCUT2D eigenvalue weighted by Gasteiger charge is 2.81. The Hall–Kier alpha value is -0.530. The van der Waals surface area contributed by atoms with Gasteiger partial charge in [-0.2, -0.15) is 0 Å². The first-order chi connectivity index (χ1) is 16.7. The Labute approximate surface area is 216 Å². The van der Waals surface area contributed by atoms with Crippen LogP contribution in [0.5, 0.6) is 0 Å². The zero-order valence-corrected chi connectivity index (χ0v) is 23.1. The molecule has 0 heterocycles. The number of carbonyl (C=O) groups excluding carboxylic acids is 1. The second-order valence-electron chi connectivity index (χ2n) is 14.8. The summed E-state index contributed by atoms with van der Waals surface area (Å²) in [5.74, 6) is 1.34. The molecule has 5 saturated carbocycles. The van der Waals surface area contributed by atoms with E-state index in [2.05, 4.69) is 20.8 Å². The van der Waals surface area contributed by atoms with E-state index in [0.29, 0.717) is 29.6 Å². The maximum absolute atomic E-state index is 12.6. The van der Waals surface area contributed by atoms with Crippen molar-refractivity contribution in [2.45, 2.75) is 116 Å². The summed E-state index contributed by atoms with van der Waals surface area (Å²) < 4.78 is 0. The van der Waals surface area contributed by atoms with Crippen LogP contribution in [-0.4, -0.2) is 61.8 Å². The second-order valence-corrected chi connectivity index (χ2v) is 14.8. The number of rotatable bonds is 7. The molecule has 0 saturated heterocycles. The topological polar surface area (TPSA) is 118 Å². The van der Waals surface area contributed by atoms with Crippen molar-refractivity contribution in [3.8, 4) is 0 Å². The van der Waals surface area contributed by atoms with Gasteiger partial charge < -0.3 is 25.5 Å². The summed E-state index contributed by atoms with van der Waals surface area (Å²) in [5, 5.41) is 52.6. The Kier molecular flexibility index (Phi) is 6.19. The third-order valence-electron chi connectivity index (χ3n) is 13.7. The molecule has 0 amide bonds. The summed E-state index contributed by atoms with van der Waals surface area (Å²) in [7, 11) is 0. The van der Waals surface area contributed by atoms with E-state index in [-0.39, 0.29) is 46.9 Å². The van der Waals surface area contributed by atoms with Crippen molar-refractivity contribution in [1.82, 2.24) is 0 Å². The lowest BCUT2D eigenvalue weighted by Crippen LogP contribution is -2.57. The van der Waals surface area contributed by atoms with Crippen LogP contribution in [0.15, 0.2) is 0 Å². The zero-order valence-electron chi connectivity index (χ0n) is 23.1. The number of aliphatic hydroxyl groups is 5. The molecule has 2 unspecified atom stereocenters. The molecular weight excluding hydrogens is 456 g/mol. The molecule has 0 aromatic rings. The summed E-state index contributed by atoms with van der Waals surface area (Å²) in [6, 6.07) is 0. The first-order valence-electron chi connectivity index (χ1n) is 14.5. The molecule has 0 aliphatic heterocycles. The fraction of sp³-hybridized carbons (Fsp3) is 0.967. The van der Waals surface area contributed by atoms with Crippen molar-refractivity contribution in [3.63, 3.8) is 0 Å². The fourth-order valence-corrected chi connectivity index (χ4v) is 11.1. The SMILES string of the molecule is C[C@H](C(O)C[C@](O)(CO)C(C)(C)O)[C@H]1CC[C@@]2(C)[C@@H]3CC[C@H]4C(CO)C(=O)CC[C@@]45C[C@@]35CC[C@]12C. The van der Waals surface area contributed by atoms with Gasteiger partial charge in [-0.25, -0.2) is 0 Å². The Morgan fingerprint density at radius 3 is 2.28 bits per heavy atom. The van der Waals surface area contributed by atoms with Crippen LogP contribution >= 0.6 is 0 Å². The van der Waals surface area contributed by atoms with Crippen molar-refractivity contribution in [2.75, 3.05) is 13.2 Å². The molecule has 0 bridgehead atoms. The zero-order chi connectivity index (χ0) is 26.5. The number of fused-ring (bicyclic) bond motifs is 2. The van der Waals surface area contributed by atoms with Crippen LogP contribution in [0.4, 0.5) is 0 Å². The van der Waals surface area contributed by atoms with Gasteiger partial charge in [-0.15, -0.1) is 0 Å². The normalized spacial score (nSPS) is 49.2. The lowest BCUT2D eigenvalue weighted by molar-refractivity contribution is -0.179. The lowest BCUT2D eigenvalue weighted by atomic mass is 9.43. The summed E-state index contributed by atoms with van der Waals surface area (Å²) in [5.41, 5.74) is -2.46. The monoisotopic (exact) mass is 506 g/mol. The Morgan fingerprint density at radius 1 is 0.972 bits per heavy atom. The van der Waals surface area contributed by atoms with Gasteiger partial charge in [-0.05, 0) is 111 Å². The van der Waals surface area contributed by atoms with Crippen LogP contribution in [0, 0.1) is 51.2 Å². The minimum absolute atomic E-state index is 0.00326. The number of ketones is 1. The third kappa shape index (κ3) is 3.23. The Bertz CT molecular complexity index is 898. The molecule has 0 radical (unpaired) electrons. The molecule has 11 atom stereocenters. The van der Waals surface area contributed by atoms with Crippen LogP contribution < -0.4 is 0 Å². The predicted molar refractivity (Wildman–Crippen MR) is 137 cm³/mol.